The molecule has 2 aromatic heterocycles. The number of aromatic nitrogens is 3. The van der Waals surface area contributed by atoms with Crippen LogP contribution in [0.1, 0.15) is 16.1 Å². The number of hydrogen-bond donors (Lipinski definition) is 1. The lowest BCUT2D eigenvalue weighted by Gasteiger charge is -2.07. The predicted octanol–water partition coefficient (Wildman–Crippen LogP) is 2.12. The summed E-state index contributed by atoms with van der Waals surface area (Å²) in [4.78, 5) is 11.2. The summed E-state index contributed by atoms with van der Waals surface area (Å²) < 4.78 is 3.64. The first-order valence-electron chi connectivity index (χ1n) is 5.95. The van der Waals surface area contributed by atoms with Crippen LogP contribution in [0.4, 0.5) is 0 Å². The van der Waals surface area contributed by atoms with Gasteiger partial charge in [-0.1, -0.05) is 18.2 Å². The van der Waals surface area contributed by atoms with Gasteiger partial charge < -0.3 is 9.67 Å². The summed E-state index contributed by atoms with van der Waals surface area (Å²) >= 11 is 0. The minimum absolute atomic E-state index is 0.250. The van der Waals surface area contributed by atoms with Crippen LogP contribution < -0.4 is 0 Å². The van der Waals surface area contributed by atoms with Gasteiger partial charge in [0.15, 0.2) is 0 Å². The molecule has 5 heteroatoms. The van der Waals surface area contributed by atoms with Crippen LogP contribution in [0, 0.1) is 0 Å². The Bertz CT molecular complexity index is 755. The third kappa shape index (κ3) is 1.89. The van der Waals surface area contributed by atoms with Gasteiger partial charge in [0.2, 0.25) is 0 Å². The molecule has 96 valence electrons. The first-order valence-corrected chi connectivity index (χ1v) is 5.95. The van der Waals surface area contributed by atoms with E-state index in [0.29, 0.717) is 12.2 Å². The third-order valence-electron chi connectivity index (χ3n) is 3.29. The molecule has 0 atom stereocenters. The van der Waals surface area contributed by atoms with E-state index in [-0.39, 0.29) is 5.56 Å². The van der Waals surface area contributed by atoms with Crippen molar-refractivity contribution in [3.63, 3.8) is 0 Å². The van der Waals surface area contributed by atoms with E-state index in [1.807, 2.05) is 41.1 Å². The average Bonchev–Trinajstić information content (AvgIpc) is 2.96. The summed E-state index contributed by atoms with van der Waals surface area (Å²) in [5.41, 5.74) is 2.02. The SMILES string of the molecule is Cn1ncc(C(=O)O)c1Cn1ccc2ccccc21. The topological polar surface area (TPSA) is 60.1 Å². The van der Waals surface area contributed by atoms with Crippen molar-refractivity contribution in [2.45, 2.75) is 6.54 Å². The zero-order valence-corrected chi connectivity index (χ0v) is 10.4. The highest BCUT2D eigenvalue weighted by Crippen LogP contribution is 2.18. The molecule has 0 aliphatic heterocycles. The van der Waals surface area contributed by atoms with Crippen LogP contribution in [0.15, 0.2) is 42.7 Å². The number of carboxylic acid groups (broad SMARTS) is 1. The van der Waals surface area contributed by atoms with Crippen LogP contribution in [-0.2, 0) is 13.6 Å². The maximum atomic E-state index is 11.2. The third-order valence-corrected chi connectivity index (χ3v) is 3.29. The molecule has 0 fully saturated rings. The number of benzene rings is 1. The number of carboxylic acids is 1. The summed E-state index contributed by atoms with van der Waals surface area (Å²) in [6.07, 6.45) is 3.35. The Kier molecular flexibility index (Phi) is 2.59. The van der Waals surface area contributed by atoms with Crippen LogP contribution in [0.2, 0.25) is 0 Å². The highest BCUT2D eigenvalue weighted by Gasteiger charge is 2.15. The maximum Gasteiger partial charge on any atom is 0.339 e. The molecule has 0 radical (unpaired) electrons. The van der Waals surface area contributed by atoms with E-state index in [1.54, 1.807) is 11.7 Å². The summed E-state index contributed by atoms with van der Waals surface area (Å²) in [6.45, 7) is 0.492. The van der Waals surface area contributed by atoms with E-state index in [2.05, 4.69) is 5.10 Å². The van der Waals surface area contributed by atoms with Crippen LogP contribution in [-0.4, -0.2) is 25.4 Å². The molecule has 0 spiro atoms. The zero-order valence-electron chi connectivity index (χ0n) is 10.4. The fraction of sp³-hybridized carbons (Fsp3) is 0.143. The van der Waals surface area contributed by atoms with Gasteiger partial charge >= 0.3 is 5.97 Å². The lowest BCUT2D eigenvalue weighted by atomic mass is 10.2. The number of rotatable bonds is 3. The predicted molar refractivity (Wildman–Crippen MR) is 71.2 cm³/mol. The van der Waals surface area contributed by atoms with Crippen molar-refractivity contribution in [1.82, 2.24) is 14.3 Å². The molecule has 0 amide bonds. The van der Waals surface area contributed by atoms with E-state index in [4.69, 9.17) is 5.11 Å². The molecular weight excluding hydrogens is 242 g/mol. The van der Waals surface area contributed by atoms with E-state index in [1.165, 1.54) is 6.20 Å². The van der Waals surface area contributed by atoms with Gasteiger partial charge in [-0.3, -0.25) is 4.68 Å². The van der Waals surface area contributed by atoms with Crippen molar-refractivity contribution in [3.05, 3.63) is 54.0 Å². The van der Waals surface area contributed by atoms with Gasteiger partial charge in [-0.2, -0.15) is 5.10 Å². The monoisotopic (exact) mass is 255 g/mol. The van der Waals surface area contributed by atoms with Crippen molar-refractivity contribution in [2.24, 2.45) is 7.05 Å². The second-order valence-electron chi connectivity index (χ2n) is 4.44. The highest BCUT2D eigenvalue weighted by molar-refractivity contribution is 5.88. The molecule has 0 saturated heterocycles. The molecule has 0 unspecified atom stereocenters. The van der Waals surface area contributed by atoms with Crippen molar-refractivity contribution in [1.29, 1.82) is 0 Å². The van der Waals surface area contributed by atoms with Gasteiger partial charge in [-0.05, 0) is 17.5 Å². The number of carbonyl (C=O) groups is 1. The van der Waals surface area contributed by atoms with Gasteiger partial charge in [0, 0.05) is 18.8 Å². The van der Waals surface area contributed by atoms with Crippen molar-refractivity contribution in [2.75, 3.05) is 0 Å². The molecule has 19 heavy (non-hydrogen) atoms. The highest BCUT2D eigenvalue weighted by atomic mass is 16.4. The standard InChI is InChI=1S/C14H13N3O2/c1-16-13(11(8-15-16)14(18)19)9-17-7-6-10-4-2-3-5-12(10)17/h2-8H,9H2,1H3,(H,18,19). The zero-order chi connectivity index (χ0) is 13.4. The normalized spacial score (nSPS) is 11.0. The van der Waals surface area contributed by atoms with Crippen LogP contribution in [0.5, 0.6) is 0 Å². The maximum absolute atomic E-state index is 11.2. The molecule has 3 aromatic rings. The minimum Gasteiger partial charge on any atom is -0.478 e. The Morgan fingerprint density at radius 1 is 1.32 bits per heavy atom. The second-order valence-corrected chi connectivity index (χ2v) is 4.44. The van der Waals surface area contributed by atoms with Crippen molar-refractivity contribution in [3.8, 4) is 0 Å². The smallest absolute Gasteiger partial charge is 0.339 e. The molecule has 0 aliphatic carbocycles. The Balaban J connectivity index is 2.06. The first kappa shape index (κ1) is 11.5. The quantitative estimate of drug-likeness (QED) is 0.779. The minimum atomic E-state index is -0.945. The summed E-state index contributed by atoms with van der Waals surface area (Å²) in [6, 6.07) is 10.0. The number of nitrogens with zero attached hydrogens (tertiary/aromatic N) is 3. The lowest BCUT2D eigenvalue weighted by Crippen LogP contribution is -2.09. The number of fused-ring (bicyclic) bond motifs is 1. The lowest BCUT2D eigenvalue weighted by molar-refractivity contribution is 0.0695. The Morgan fingerprint density at radius 3 is 2.89 bits per heavy atom. The Labute approximate surface area is 109 Å². The molecular formula is C14H13N3O2. The van der Waals surface area contributed by atoms with Gasteiger partial charge in [0.1, 0.15) is 5.56 Å². The number of aromatic carboxylic acids is 1. The van der Waals surface area contributed by atoms with Crippen LogP contribution in [0.25, 0.3) is 10.9 Å². The van der Waals surface area contributed by atoms with E-state index >= 15 is 0 Å². The van der Waals surface area contributed by atoms with Crippen LogP contribution in [0.3, 0.4) is 0 Å². The average molecular weight is 255 g/mol. The van der Waals surface area contributed by atoms with Crippen molar-refractivity contribution < 1.29 is 9.90 Å². The molecule has 0 saturated carbocycles. The fourth-order valence-corrected chi connectivity index (χ4v) is 2.27. The Morgan fingerprint density at radius 2 is 2.11 bits per heavy atom. The number of aryl methyl sites for hydroxylation is 1. The summed E-state index contributed by atoms with van der Waals surface area (Å²) in [7, 11) is 1.76. The fourth-order valence-electron chi connectivity index (χ4n) is 2.27. The molecule has 1 aromatic carbocycles. The molecule has 3 rings (SSSR count). The van der Waals surface area contributed by atoms with Gasteiger partial charge in [-0.15, -0.1) is 0 Å². The number of hydrogen-bond acceptors (Lipinski definition) is 2. The Hall–Kier alpha value is -2.56. The van der Waals surface area contributed by atoms with E-state index in [9.17, 15) is 4.79 Å². The first-order chi connectivity index (χ1) is 9.16. The summed E-state index contributed by atoms with van der Waals surface area (Å²) in [5, 5.41) is 14.3. The molecule has 0 bridgehead atoms. The van der Waals surface area contributed by atoms with Gasteiger partial charge in [-0.25, -0.2) is 4.79 Å². The molecule has 0 aliphatic rings. The van der Waals surface area contributed by atoms with E-state index in [0.717, 1.165) is 10.9 Å². The number of para-hydroxylation sites is 1. The molecule has 5 nitrogen and oxygen atoms in total. The summed E-state index contributed by atoms with van der Waals surface area (Å²) in [5.74, 6) is -0.945. The van der Waals surface area contributed by atoms with Gasteiger partial charge in [0.25, 0.3) is 0 Å². The van der Waals surface area contributed by atoms with Crippen molar-refractivity contribution >= 4 is 16.9 Å². The molecule has 2 heterocycles. The van der Waals surface area contributed by atoms with Crippen LogP contribution >= 0.6 is 0 Å². The second kappa shape index (κ2) is 4.28. The van der Waals surface area contributed by atoms with Gasteiger partial charge in [0.05, 0.1) is 18.4 Å². The largest absolute Gasteiger partial charge is 0.478 e. The molecule has 1 N–H and O–H groups in total. The van der Waals surface area contributed by atoms with E-state index < -0.39 is 5.97 Å².